The van der Waals surface area contributed by atoms with Crippen molar-refractivity contribution < 1.29 is 24.5 Å². The number of amides is 1. The molecule has 1 aromatic rings. The Morgan fingerprint density at radius 2 is 2.30 bits per heavy atom. The van der Waals surface area contributed by atoms with E-state index in [2.05, 4.69) is 5.32 Å². The molecule has 2 atom stereocenters. The summed E-state index contributed by atoms with van der Waals surface area (Å²) in [4.78, 5) is 24.4. The van der Waals surface area contributed by atoms with E-state index in [-0.39, 0.29) is 12.5 Å². The molecule has 2 heterocycles. The second-order valence-electron chi connectivity index (χ2n) is 5.93. The Morgan fingerprint density at radius 1 is 1.48 bits per heavy atom. The van der Waals surface area contributed by atoms with Crippen LogP contribution < -0.4 is 10.1 Å². The normalized spacial score (nSPS) is 22.1. The lowest BCUT2D eigenvalue weighted by Gasteiger charge is -2.23. The van der Waals surface area contributed by atoms with E-state index in [1.807, 2.05) is 4.90 Å². The second kappa shape index (κ2) is 6.55. The third-order valence-corrected chi connectivity index (χ3v) is 4.36. The lowest BCUT2D eigenvalue weighted by molar-refractivity contribution is -0.142. The summed E-state index contributed by atoms with van der Waals surface area (Å²) in [5.41, 5.74) is 1.24. The van der Waals surface area contributed by atoms with Crippen LogP contribution >= 0.6 is 0 Å². The third-order valence-electron chi connectivity index (χ3n) is 4.36. The Hall–Kier alpha value is -2.12. The molecule has 0 radical (unpaired) electrons. The van der Waals surface area contributed by atoms with Gasteiger partial charge in [-0.05, 0) is 43.5 Å². The predicted octanol–water partition coefficient (Wildman–Crippen LogP) is 0.990. The Morgan fingerprint density at radius 3 is 3.09 bits per heavy atom. The molecule has 1 fully saturated rings. The van der Waals surface area contributed by atoms with Gasteiger partial charge in [-0.3, -0.25) is 14.5 Å². The van der Waals surface area contributed by atoms with Gasteiger partial charge in [0.25, 0.3) is 5.91 Å². The van der Waals surface area contributed by atoms with Crippen LogP contribution in [-0.2, 0) is 9.59 Å². The molecule has 0 saturated carbocycles. The molecule has 3 N–H and O–H groups in total. The van der Waals surface area contributed by atoms with Crippen LogP contribution in [0, 0.1) is 0 Å². The molecule has 0 spiro atoms. The van der Waals surface area contributed by atoms with Crippen LogP contribution in [0.5, 0.6) is 5.75 Å². The van der Waals surface area contributed by atoms with Gasteiger partial charge in [0.15, 0.2) is 6.61 Å². The highest BCUT2D eigenvalue weighted by Gasteiger charge is 2.30. The molecule has 0 aromatic heterocycles. The van der Waals surface area contributed by atoms with Crippen molar-refractivity contribution in [3.8, 4) is 5.75 Å². The van der Waals surface area contributed by atoms with E-state index in [0.29, 0.717) is 36.4 Å². The minimum atomic E-state index is -0.800. The van der Waals surface area contributed by atoms with Crippen LogP contribution in [0.3, 0.4) is 0 Å². The van der Waals surface area contributed by atoms with Crippen LogP contribution in [-0.4, -0.2) is 52.7 Å². The van der Waals surface area contributed by atoms with Crippen LogP contribution in [0.15, 0.2) is 18.2 Å². The molecule has 124 valence electrons. The monoisotopic (exact) mass is 320 g/mol. The van der Waals surface area contributed by atoms with Gasteiger partial charge < -0.3 is 20.3 Å². The van der Waals surface area contributed by atoms with Gasteiger partial charge in [0.1, 0.15) is 11.8 Å². The number of benzene rings is 1. The summed E-state index contributed by atoms with van der Waals surface area (Å²) >= 11 is 0. The number of nitrogens with one attached hydrogen (secondary N) is 1. The van der Waals surface area contributed by atoms with E-state index in [4.69, 9.17) is 9.84 Å². The number of carboxylic acids is 1. The van der Waals surface area contributed by atoms with Gasteiger partial charge in [-0.25, -0.2) is 0 Å². The number of aliphatic carboxylic acids is 1. The van der Waals surface area contributed by atoms with Crippen LogP contribution in [0.2, 0.25) is 0 Å². The van der Waals surface area contributed by atoms with Crippen LogP contribution in [0.4, 0.5) is 5.69 Å². The smallest absolute Gasteiger partial charge is 0.320 e. The van der Waals surface area contributed by atoms with Crippen molar-refractivity contribution in [2.45, 2.75) is 31.4 Å². The number of carbonyl (C=O) groups is 2. The van der Waals surface area contributed by atoms with Crippen molar-refractivity contribution in [2.75, 3.05) is 25.0 Å². The lowest BCUT2D eigenvalue weighted by Crippen LogP contribution is -2.37. The largest absolute Gasteiger partial charge is 0.482 e. The SMILES string of the molecule is O=C1COc2ccc(C(O)CCN3CCCC3C(=O)O)cc2N1. The minimum absolute atomic E-state index is 0.000434. The molecule has 2 aliphatic heterocycles. The van der Waals surface area contributed by atoms with Crippen molar-refractivity contribution >= 4 is 17.6 Å². The molecule has 7 heteroatoms. The van der Waals surface area contributed by atoms with E-state index < -0.39 is 18.1 Å². The fraction of sp³-hybridized carbons (Fsp3) is 0.500. The molecular formula is C16H20N2O5. The number of carbonyl (C=O) groups excluding carboxylic acids is 1. The minimum Gasteiger partial charge on any atom is -0.482 e. The van der Waals surface area contributed by atoms with Crippen molar-refractivity contribution in [1.29, 1.82) is 0 Å². The Bertz CT molecular complexity index is 618. The molecular weight excluding hydrogens is 300 g/mol. The van der Waals surface area contributed by atoms with Gasteiger partial charge in [-0.1, -0.05) is 6.07 Å². The van der Waals surface area contributed by atoms with E-state index in [1.54, 1.807) is 18.2 Å². The Kier molecular flexibility index (Phi) is 4.49. The Balaban J connectivity index is 1.62. The summed E-state index contributed by atoms with van der Waals surface area (Å²) in [5.74, 6) is -0.429. The quantitative estimate of drug-likeness (QED) is 0.748. The van der Waals surface area contributed by atoms with E-state index in [1.165, 1.54) is 0 Å². The standard InChI is InChI=1S/C16H20N2O5/c19-13(5-7-18-6-1-2-12(18)16(21)22)10-3-4-14-11(8-10)17-15(20)9-23-14/h3-4,8,12-13,19H,1-2,5-7,9H2,(H,17,20)(H,21,22). The highest BCUT2D eigenvalue weighted by atomic mass is 16.5. The molecule has 0 aliphatic carbocycles. The topological polar surface area (TPSA) is 99.1 Å². The van der Waals surface area contributed by atoms with Gasteiger partial charge in [0, 0.05) is 6.54 Å². The number of hydrogen-bond donors (Lipinski definition) is 3. The fourth-order valence-corrected chi connectivity index (χ4v) is 3.14. The van der Waals surface area contributed by atoms with Crippen molar-refractivity contribution in [3.63, 3.8) is 0 Å². The maximum atomic E-state index is 11.3. The summed E-state index contributed by atoms with van der Waals surface area (Å²) in [6.07, 6.45) is 1.26. The average Bonchev–Trinajstić information content (AvgIpc) is 3.00. The summed E-state index contributed by atoms with van der Waals surface area (Å²) in [5, 5.41) is 22.2. The Labute approximate surface area is 133 Å². The van der Waals surface area contributed by atoms with E-state index >= 15 is 0 Å². The zero-order valence-electron chi connectivity index (χ0n) is 12.7. The van der Waals surface area contributed by atoms with Gasteiger partial charge in [-0.2, -0.15) is 0 Å². The highest BCUT2D eigenvalue weighted by molar-refractivity contribution is 5.95. The summed E-state index contributed by atoms with van der Waals surface area (Å²) < 4.78 is 5.28. The van der Waals surface area contributed by atoms with E-state index in [9.17, 15) is 14.7 Å². The lowest BCUT2D eigenvalue weighted by atomic mass is 10.0. The molecule has 3 rings (SSSR count). The fourth-order valence-electron chi connectivity index (χ4n) is 3.14. The van der Waals surface area contributed by atoms with E-state index in [0.717, 1.165) is 13.0 Å². The first kappa shape index (κ1) is 15.8. The third kappa shape index (κ3) is 3.46. The number of carboxylic acid groups (broad SMARTS) is 1. The molecule has 1 aromatic carbocycles. The zero-order valence-corrected chi connectivity index (χ0v) is 12.7. The van der Waals surface area contributed by atoms with Gasteiger partial charge >= 0.3 is 5.97 Å². The number of hydrogen-bond acceptors (Lipinski definition) is 5. The maximum Gasteiger partial charge on any atom is 0.320 e. The number of likely N-dealkylation sites (tertiary alicyclic amines) is 1. The molecule has 1 amide bonds. The maximum absolute atomic E-state index is 11.3. The zero-order chi connectivity index (χ0) is 16.4. The van der Waals surface area contributed by atoms with Gasteiger partial charge in [0.2, 0.25) is 0 Å². The molecule has 23 heavy (non-hydrogen) atoms. The number of fused-ring (bicyclic) bond motifs is 1. The number of ether oxygens (including phenoxy) is 1. The first-order valence-corrected chi connectivity index (χ1v) is 7.76. The van der Waals surface area contributed by atoms with Crippen molar-refractivity contribution in [1.82, 2.24) is 4.90 Å². The number of nitrogens with zero attached hydrogens (tertiary/aromatic N) is 1. The van der Waals surface area contributed by atoms with Crippen LogP contribution in [0.1, 0.15) is 30.9 Å². The van der Waals surface area contributed by atoms with Gasteiger partial charge in [0.05, 0.1) is 11.8 Å². The molecule has 7 nitrogen and oxygen atoms in total. The average molecular weight is 320 g/mol. The molecule has 0 bridgehead atoms. The highest BCUT2D eigenvalue weighted by Crippen LogP contribution is 2.31. The molecule has 1 saturated heterocycles. The number of aliphatic hydroxyl groups is 1. The molecule has 2 aliphatic rings. The summed E-state index contributed by atoms with van der Waals surface area (Å²) in [6, 6.07) is 4.75. The second-order valence-corrected chi connectivity index (χ2v) is 5.93. The first-order valence-electron chi connectivity index (χ1n) is 7.76. The summed E-state index contributed by atoms with van der Waals surface area (Å²) in [6.45, 7) is 1.27. The summed E-state index contributed by atoms with van der Waals surface area (Å²) in [7, 11) is 0. The van der Waals surface area contributed by atoms with Gasteiger partial charge in [-0.15, -0.1) is 0 Å². The van der Waals surface area contributed by atoms with Crippen molar-refractivity contribution in [3.05, 3.63) is 23.8 Å². The number of aliphatic hydroxyl groups excluding tert-OH is 1. The number of anilines is 1. The number of rotatable bonds is 5. The first-order chi connectivity index (χ1) is 11.0. The molecule has 2 unspecified atom stereocenters. The van der Waals surface area contributed by atoms with Crippen LogP contribution in [0.25, 0.3) is 0 Å². The van der Waals surface area contributed by atoms with Crippen molar-refractivity contribution in [2.24, 2.45) is 0 Å². The predicted molar refractivity (Wildman–Crippen MR) is 82.4 cm³/mol.